The van der Waals surface area contributed by atoms with E-state index in [4.69, 9.17) is 9.47 Å². The number of benzene rings is 4. The van der Waals surface area contributed by atoms with Gasteiger partial charge in [-0.2, -0.15) is 0 Å². The predicted octanol–water partition coefficient (Wildman–Crippen LogP) is 11.3. The van der Waals surface area contributed by atoms with Crippen LogP contribution in [0, 0.1) is 6.92 Å². The summed E-state index contributed by atoms with van der Waals surface area (Å²) in [6.07, 6.45) is 12.3. The largest absolute Gasteiger partial charge is 0.488 e. The highest BCUT2D eigenvalue weighted by Gasteiger charge is 2.19. The molecule has 0 aliphatic heterocycles. The molecule has 0 bridgehead atoms. The minimum absolute atomic E-state index is 0.529. The Morgan fingerprint density at radius 2 is 1.05 bits per heavy atom. The minimum Gasteiger partial charge on any atom is -0.488 e. The maximum Gasteiger partial charge on any atom is 0.131 e. The van der Waals surface area contributed by atoms with Crippen molar-refractivity contribution in [2.45, 2.75) is 79.9 Å². The lowest BCUT2D eigenvalue weighted by Crippen LogP contribution is -2.05. The molecule has 0 N–H and O–H groups in total. The Hall–Kier alpha value is -4.04. The molecule has 0 radical (unpaired) electrons. The van der Waals surface area contributed by atoms with Gasteiger partial charge in [-0.15, -0.1) is 0 Å². The van der Waals surface area contributed by atoms with Crippen molar-refractivity contribution in [1.29, 1.82) is 0 Å². The molecule has 2 heteroatoms. The molecule has 2 nitrogen and oxygen atoms in total. The van der Waals surface area contributed by atoms with Crippen LogP contribution in [0.3, 0.4) is 0 Å². The van der Waals surface area contributed by atoms with E-state index in [-0.39, 0.29) is 0 Å². The zero-order chi connectivity index (χ0) is 29.7. The van der Waals surface area contributed by atoms with Crippen LogP contribution in [-0.2, 0) is 19.6 Å². The molecule has 0 spiro atoms. The minimum atomic E-state index is 0.529. The highest BCUT2D eigenvalue weighted by molar-refractivity contribution is 5.96. The maximum absolute atomic E-state index is 6.64. The van der Waals surface area contributed by atoms with Gasteiger partial charge in [-0.1, -0.05) is 120 Å². The highest BCUT2D eigenvalue weighted by Crippen LogP contribution is 2.42. The van der Waals surface area contributed by atoms with Gasteiger partial charge in [0.05, 0.1) is 0 Å². The number of hydrogen-bond acceptors (Lipinski definition) is 2. The normalized spacial score (nSPS) is 11.9. The van der Waals surface area contributed by atoms with Gasteiger partial charge in [0.2, 0.25) is 0 Å². The molecule has 42 heavy (non-hydrogen) atoms. The molecular formula is C40H46O2. The summed E-state index contributed by atoms with van der Waals surface area (Å²) in [5.74, 6) is 1.90. The van der Waals surface area contributed by atoms with Gasteiger partial charge in [0, 0.05) is 16.3 Å². The smallest absolute Gasteiger partial charge is 0.131 e. The summed E-state index contributed by atoms with van der Waals surface area (Å²) in [4.78, 5) is 0. The predicted molar refractivity (Wildman–Crippen MR) is 179 cm³/mol. The van der Waals surface area contributed by atoms with Crippen LogP contribution in [0.5, 0.6) is 11.5 Å². The van der Waals surface area contributed by atoms with Gasteiger partial charge in [0.25, 0.3) is 0 Å². The van der Waals surface area contributed by atoms with Gasteiger partial charge >= 0.3 is 0 Å². The zero-order valence-corrected chi connectivity index (χ0v) is 26.1. The third kappa shape index (κ3) is 8.98. The molecule has 0 saturated heterocycles. The number of allylic oxidation sites excluding steroid dienone is 6. The second kappa shape index (κ2) is 15.8. The summed E-state index contributed by atoms with van der Waals surface area (Å²) in [5.41, 5.74) is 8.93. The molecule has 0 aromatic heterocycles. The van der Waals surface area contributed by atoms with Gasteiger partial charge in [-0.25, -0.2) is 0 Å². The molecule has 0 aliphatic rings. The summed E-state index contributed by atoms with van der Waals surface area (Å²) >= 11 is 0. The molecule has 4 aromatic rings. The monoisotopic (exact) mass is 558 g/mol. The van der Waals surface area contributed by atoms with Crippen LogP contribution in [0.1, 0.15) is 75.6 Å². The first kappa shape index (κ1) is 30.9. The summed E-state index contributed by atoms with van der Waals surface area (Å²) in [7, 11) is 0. The lowest BCUT2D eigenvalue weighted by molar-refractivity contribution is 0.299. The van der Waals surface area contributed by atoms with Crippen molar-refractivity contribution in [3.63, 3.8) is 0 Å². The molecule has 0 saturated carbocycles. The molecule has 0 unspecified atom stereocenters. The van der Waals surface area contributed by atoms with Gasteiger partial charge in [0.15, 0.2) is 0 Å². The Morgan fingerprint density at radius 1 is 0.571 bits per heavy atom. The van der Waals surface area contributed by atoms with Crippen LogP contribution in [0.4, 0.5) is 0 Å². The standard InChI is InChI=1S/C40H46O2/c1-30(2)16-14-17-31(3)18-15-19-32(4)26-27-36-33(5)39(41-28-34-20-8-6-9-21-34)37-24-12-13-25-38(37)40(36)42-29-35-22-10-7-11-23-35/h6-13,16,18,20-26H,14-15,17,19,27-29H2,1-5H3/b31-18+,32-26+. The Morgan fingerprint density at radius 3 is 1.62 bits per heavy atom. The Labute approximate surface area is 253 Å². The molecule has 0 fully saturated rings. The fraction of sp³-hybridized carbons (Fsp3) is 0.300. The second-order valence-electron chi connectivity index (χ2n) is 11.5. The van der Waals surface area contributed by atoms with E-state index in [1.54, 1.807) is 0 Å². The van der Waals surface area contributed by atoms with Crippen LogP contribution in [0.2, 0.25) is 0 Å². The zero-order valence-electron chi connectivity index (χ0n) is 26.1. The van der Waals surface area contributed by atoms with E-state index in [0.717, 1.165) is 71.1 Å². The van der Waals surface area contributed by atoms with Crippen molar-refractivity contribution >= 4 is 10.8 Å². The third-order valence-electron chi connectivity index (χ3n) is 7.71. The van der Waals surface area contributed by atoms with Crippen molar-refractivity contribution in [2.75, 3.05) is 0 Å². The van der Waals surface area contributed by atoms with Crippen molar-refractivity contribution in [3.05, 3.63) is 142 Å². The molecule has 0 heterocycles. The summed E-state index contributed by atoms with van der Waals surface area (Å²) in [6, 6.07) is 29.3. The third-order valence-corrected chi connectivity index (χ3v) is 7.71. The maximum atomic E-state index is 6.64. The first-order valence-corrected chi connectivity index (χ1v) is 15.2. The average molecular weight is 559 g/mol. The Kier molecular flexibility index (Phi) is 11.6. The van der Waals surface area contributed by atoms with Crippen LogP contribution in [0.25, 0.3) is 10.8 Å². The lowest BCUT2D eigenvalue weighted by atomic mass is 9.95. The van der Waals surface area contributed by atoms with E-state index in [2.05, 4.69) is 126 Å². The number of ether oxygens (including phenoxy) is 2. The summed E-state index contributed by atoms with van der Waals surface area (Å²) in [5, 5.41) is 2.19. The van der Waals surface area contributed by atoms with E-state index in [1.165, 1.54) is 22.3 Å². The molecule has 218 valence electrons. The van der Waals surface area contributed by atoms with Crippen molar-refractivity contribution < 1.29 is 9.47 Å². The second-order valence-corrected chi connectivity index (χ2v) is 11.5. The topological polar surface area (TPSA) is 18.5 Å². The van der Waals surface area contributed by atoms with Gasteiger partial charge in [-0.05, 0) is 83.4 Å². The Balaban J connectivity index is 1.60. The molecule has 0 atom stereocenters. The van der Waals surface area contributed by atoms with E-state index in [0.29, 0.717) is 13.2 Å². The Bertz CT molecular complexity index is 1520. The average Bonchev–Trinajstić information content (AvgIpc) is 3.00. The number of rotatable bonds is 14. The highest BCUT2D eigenvalue weighted by atomic mass is 16.5. The summed E-state index contributed by atoms with van der Waals surface area (Å²) in [6.45, 7) is 12.1. The van der Waals surface area contributed by atoms with Crippen molar-refractivity contribution in [2.24, 2.45) is 0 Å². The molecule has 4 rings (SSSR count). The quantitative estimate of drug-likeness (QED) is 0.143. The van der Waals surface area contributed by atoms with Crippen LogP contribution in [0.15, 0.2) is 120 Å². The summed E-state index contributed by atoms with van der Waals surface area (Å²) < 4.78 is 13.2. The van der Waals surface area contributed by atoms with Gasteiger partial charge in [-0.3, -0.25) is 0 Å². The number of hydrogen-bond donors (Lipinski definition) is 0. The molecule has 0 aliphatic carbocycles. The molecule has 0 amide bonds. The van der Waals surface area contributed by atoms with Crippen LogP contribution >= 0.6 is 0 Å². The first-order valence-electron chi connectivity index (χ1n) is 15.2. The van der Waals surface area contributed by atoms with Gasteiger partial charge in [0.1, 0.15) is 24.7 Å². The SMILES string of the molecule is CC(C)=CCC/C(C)=C/CC/C(C)=C/Cc1c(C)c(OCc2ccccc2)c2ccccc2c1OCc1ccccc1. The fourth-order valence-electron chi connectivity index (χ4n) is 5.22. The van der Waals surface area contributed by atoms with Crippen molar-refractivity contribution in [3.8, 4) is 11.5 Å². The van der Waals surface area contributed by atoms with E-state index in [9.17, 15) is 0 Å². The van der Waals surface area contributed by atoms with Gasteiger partial charge < -0.3 is 9.47 Å². The van der Waals surface area contributed by atoms with E-state index >= 15 is 0 Å². The number of fused-ring (bicyclic) bond motifs is 1. The molecular weight excluding hydrogens is 512 g/mol. The van der Waals surface area contributed by atoms with E-state index in [1.807, 2.05) is 12.1 Å². The van der Waals surface area contributed by atoms with Crippen LogP contribution in [-0.4, -0.2) is 0 Å². The van der Waals surface area contributed by atoms with Crippen LogP contribution < -0.4 is 9.47 Å². The van der Waals surface area contributed by atoms with Crippen molar-refractivity contribution in [1.82, 2.24) is 0 Å². The lowest BCUT2D eigenvalue weighted by Gasteiger charge is -2.21. The first-order chi connectivity index (χ1) is 20.4. The van der Waals surface area contributed by atoms with E-state index < -0.39 is 0 Å². The fourth-order valence-corrected chi connectivity index (χ4v) is 5.22. The molecule has 4 aromatic carbocycles.